The predicted molar refractivity (Wildman–Crippen MR) is 68.1 cm³/mol. The number of halogens is 1. The Morgan fingerprint density at radius 1 is 1.31 bits per heavy atom. The first-order valence-corrected chi connectivity index (χ1v) is 5.76. The summed E-state index contributed by atoms with van der Waals surface area (Å²) in [6.07, 6.45) is 2.20. The molecule has 3 nitrogen and oxygen atoms in total. The van der Waals surface area contributed by atoms with E-state index in [1.54, 1.807) is 0 Å². The average molecular weight is 236 g/mol. The van der Waals surface area contributed by atoms with Crippen LogP contribution in [0.3, 0.4) is 0 Å². The number of benzene rings is 1. The maximum Gasteiger partial charge on any atom is 0.224 e. The van der Waals surface area contributed by atoms with Crippen molar-refractivity contribution in [1.82, 2.24) is 9.97 Å². The highest BCUT2D eigenvalue weighted by atomic mass is 35.5. The molecule has 1 aromatic heterocycles. The van der Waals surface area contributed by atoms with Crippen LogP contribution in [0, 0.1) is 0 Å². The molecule has 0 aliphatic carbocycles. The molecule has 0 saturated heterocycles. The summed E-state index contributed by atoms with van der Waals surface area (Å²) >= 11 is 5.84. The first-order chi connectivity index (χ1) is 7.74. The van der Waals surface area contributed by atoms with Gasteiger partial charge in [0.25, 0.3) is 0 Å². The second kappa shape index (κ2) is 4.66. The Bertz CT molecular complexity index is 511. The lowest BCUT2D eigenvalue weighted by Gasteiger charge is -2.07. The molecule has 2 aromatic rings. The van der Waals surface area contributed by atoms with Crippen LogP contribution >= 0.6 is 11.6 Å². The second-order valence-electron chi connectivity index (χ2n) is 3.69. The van der Waals surface area contributed by atoms with Crippen molar-refractivity contribution in [3.05, 3.63) is 29.0 Å². The molecule has 0 bridgehead atoms. The topological polar surface area (TPSA) is 37.8 Å². The molecule has 16 heavy (non-hydrogen) atoms. The molecule has 0 amide bonds. The highest BCUT2D eigenvalue weighted by molar-refractivity contribution is 6.28. The molecule has 0 aliphatic heterocycles. The molecule has 4 heteroatoms. The van der Waals surface area contributed by atoms with Crippen molar-refractivity contribution in [3.63, 3.8) is 0 Å². The van der Waals surface area contributed by atoms with Gasteiger partial charge in [-0.05, 0) is 35.7 Å². The summed E-state index contributed by atoms with van der Waals surface area (Å²) < 4.78 is 0. The van der Waals surface area contributed by atoms with Crippen molar-refractivity contribution >= 4 is 28.3 Å². The van der Waals surface area contributed by atoms with E-state index in [2.05, 4.69) is 34.3 Å². The second-order valence-corrected chi connectivity index (χ2v) is 4.03. The highest BCUT2D eigenvalue weighted by Crippen LogP contribution is 2.23. The number of nitrogens with zero attached hydrogens (tertiary/aromatic N) is 2. The number of fused-ring (bicyclic) bond motifs is 1. The van der Waals surface area contributed by atoms with Gasteiger partial charge in [0.05, 0.1) is 5.52 Å². The van der Waals surface area contributed by atoms with Crippen LogP contribution in [0.15, 0.2) is 18.2 Å². The van der Waals surface area contributed by atoms with Gasteiger partial charge in [0.2, 0.25) is 5.28 Å². The number of nitrogens with one attached hydrogen (secondary N) is 1. The molecule has 1 heterocycles. The Morgan fingerprint density at radius 3 is 2.81 bits per heavy atom. The van der Waals surface area contributed by atoms with Crippen LogP contribution in [0.5, 0.6) is 0 Å². The minimum atomic E-state index is 0.278. The van der Waals surface area contributed by atoms with E-state index in [0.29, 0.717) is 0 Å². The summed E-state index contributed by atoms with van der Waals surface area (Å²) in [6, 6.07) is 6.21. The van der Waals surface area contributed by atoms with Crippen molar-refractivity contribution in [2.75, 3.05) is 12.4 Å². The first kappa shape index (κ1) is 11.1. The normalized spacial score (nSPS) is 10.7. The highest BCUT2D eigenvalue weighted by Gasteiger charge is 2.05. The van der Waals surface area contributed by atoms with E-state index in [4.69, 9.17) is 11.6 Å². The summed E-state index contributed by atoms with van der Waals surface area (Å²) in [5.41, 5.74) is 2.18. The molecule has 0 saturated carbocycles. The summed E-state index contributed by atoms with van der Waals surface area (Å²) in [5.74, 6) is 0.785. The number of aryl methyl sites for hydroxylation is 1. The summed E-state index contributed by atoms with van der Waals surface area (Å²) in [7, 11) is 1.84. The van der Waals surface area contributed by atoms with Gasteiger partial charge in [0, 0.05) is 12.4 Å². The van der Waals surface area contributed by atoms with E-state index in [1.807, 2.05) is 13.1 Å². The van der Waals surface area contributed by atoms with Crippen LogP contribution in [-0.2, 0) is 6.42 Å². The Balaban J connectivity index is 2.61. The third-order valence-electron chi connectivity index (χ3n) is 2.51. The fraction of sp³-hybridized carbons (Fsp3) is 0.333. The van der Waals surface area contributed by atoms with Crippen molar-refractivity contribution in [2.24, 2.45) is 0 Å². The molecular formula is C12H14ClN3. The summed E-state index contributed by atoms with van der Waals surface area (Å²) in [4.78, 5) is 8.36. The van der Waals surface area contributed by atoms with Gasteiger partial charge in [-0.15, -0.1) is 0 Å². The van der Waals surface area contributed by atoms with Crippen molar-refractivity contribution < 1.29 is 0 Å². The molecule has 0 radical (unpaired) electrons. The zero-order valence-electron chi connectivity index (χ0n) is 9.42. The van der Waals surface area contributed by atoms with Crippen molar-refractivity contribution in [1.29, 1.82) is 0 Å². The maximum atomic E-state index is 5.84. The lowest BCUT2D eigenvalue weighted by atomic mass is 10.1. The van der Waals surface area contributed by atoms with Gasteiger partial charge >= 0.3 is 0 Å². The molecule has 0 unspecified atom stereocenters. The van der Waals surface area contributed by atoms with E-state index in [1.165, 1.54) is 5.56 Å². The molecular weight excluding hydrogens is 222 g/mol. The summed E-state index contributed by atoms with van der Waals surface area (Å²) in [6.45, 7) is 2.17. The lowest BCUT2D eigenvalue weighted by Crippen LogP contribution is -1.97. The van der Waals surface area contributed by atoms with Gasteiger partial charge in [-0.1, -0.05) is 19.4 Å². The fourth-order valence-corrected chi connectivity index (χ4v) is 1.96. The molecule has 1 N–H and O–H groups in total. The van der Waals surface area contributed by atoms with Crippen molar-refractivity contribution in [3.8, 4) is 0 Å². The van der Waals surface area contributed by atoms with Crippen LogP contribution in [0.4, 0.5) is 5.82 Å². The Hall–Kier alpha value is -1.35. The lowest BCUT2D eigenvalue weighted by molar-refractivity contribution is 0.923. The van der Waals surface area contributed by atoms with Gasteiger partial charge in [0.15, 0.2) is 0 Å². The van der Waals surface area contributed by atoms with Crippen LogP contribution in [0.1, 0.15) is 18.9 Å². The van der Waals surface area contributed by atoms with Crippen LogP contribution < -0.4 is 5.32 Å². The minimum absolute atomic E-state index is 0.278. The van der Waals surface area contributed by atoms with Gasteiger partial charge in [-0.3, -0.25) is 0 Å². The predicted octanol–water partition coefficient (Wildman–Crippen LogP) is 3.28. The smallest absolute Gasteiger partial charge is 0.224 e. The van der Waals surface area contributed by atoms with E-state index < -0.39 is 0 Å². The van der Waals surface area contributed by atoms with Gasteiger partial charge in [-0.25, -0.2) is 9.97 Å². The quantitative estimate of drug-likeness (QED) is 0.830. The first-order valence-electron chi connectivity index (χ1n) is 5.38. The van der Waals surface area contributed by atoms with E-state index in [9.17, 15) is 0 Å². The monoisotopic (exact) mass is 235 g/mol. The molecule has 0 aliphatic rings. The molecule has 0 atom stereocenters. The number of hydrogen-bond donors (Lipinski definition) is 1. The average Bonchev–Trinajstić information content (AvgIpc) is 2.29. The van der Waals surface area contributed by atoms with Gasteiger partial charge in [-0.2, -0.15) is 0 Å². The third-order valence-corrected chi connectivity index (χ3v) is 2.68. The fourth-order valence-electron chi connectivity index (χ4n) is 1.78. The molecule has 1 aromatic carbocycles. The van der Waals surface area contributed by atoms with Crippen LogP contribution in [0.25, 0.3) is 10.9 Å². The molecule has 2 rings (SSSR count). The van der Waals surface area contributed by atoms with E-state index in [0.717, 1.165) is 29.6 Å². The number of hydrogen-bond acceptors (Lipinski definition) is 3. The number of rotatable bonds is 3. The Morgan fingerprint density at radius 2 is 2.12 bits per heavy atom. The minimum Gasteiger partial charge on any atom is -0.372 e. The van der Waals surface area contributed by atoms with Gasteiger partial charge in [0.1, 0.15) is 5.82 Å². The number of anilines is 1. The van der Waals surface area contributed by atoms with Gasteiger partial charge < -0.3 is 5.32 Å². The molecule has 84 valence electrons. The largest absolute Gasteiger partial charge is 0.372 e. The summed E-state index contributed by atoms with van der Waals surface area (Å²) in [5, 5.41) is 4.35. The zero-order chi connectivity index (χ0) is 11.5. The maximum absolute atomic E-state index is 5.84. The molecule has 0 spiro atoms. The zero-order valence-corrected chi connectivity index (χ0v) is 10.2. The number of aromatic nitrogens is 2. The standard InChI is InChI=1S/C12H14ClN3/c1-3-4-8-5-6-10-9(7-8)11(14-2)16-12(13)15-10/h5-7H,3-4H2,1-2H3,(H,14,15,16). The van der Waals surface area contributed by atoms with E-state index in [-0.39, 0.29) is 5.28 Å². The SMILES string of the molecule is CCCc1ccc2nc(Cl)nc(NC)c2c1. The Kier molecular flexibility index (Phi) is 3.25. The van der Waals surface area contributed by atoms with Crippen LogP contribution in [0.2, 0.25) is 5.28 Å². The third kappa shape index (κ3) is 2.09. The van der Waals surface area contributed by atoms with E-state index >= 15 is 0 Å². The van der Waals surface area contributed by atoms with Crippen molar-refractivity contribution in [2.45, 2.75) is 19.8 Å². The Labute approximate surface area is 99.9 Å². The van der Waals surface area contributed by atoms with Crippen LogP contribution in [-0.4, -0.2) is 17.0 Å². The molecule has 0 fully saturated rings.